The van der Waals surface area contributed by atoms with Crippen LogP contribution in [0.4, 0.5) is 20.3 Å². The highest BCUT2D eigenvalue weighted by atomic mass is 35.5. The van der Waals surface area contributed by atoms with E-state index in [4.69, 9.17) is 11.6 Å². The smallest absolute Gasteiger partial charge is 0.259 e. The Kier molecular flexibility index (Phi) is 4.14. The highest BCUT2D eigenvalue weighted by Crippen LogP contribution is 2.26. The number of rotatable bonds is 3. The Bertz CT molecular complexity index is 644. The molecule has 104 valence electrons. The third kappa shape index (κ3) is 2.85. The molecular formula is C13H10ClF2N3O. The molecule has 0 saturated carbocycles. The molecule has 4 nitrogen and oxygen atoms in total. The Morgan fingerprint density at radius 2 is 2.10 bits per heavy atom. The minimum absolute atomic E-state index is 0.0492. The molecule has 2 N–H and O–H groups in total. The summed E-state index contributed by atoms with van der Waals surface area (Å²) in [5.41, 5.74) is -0.211. The average molecular weight is 298 g/mol. The quantitative estimate of drug-likeness (QED) is 0.914. The van der Waals surface area contributed by atoms with Crippen LogP contribution in [-0.2, 0) is 0 Å². The Balaban J connectivity index is 2.35. The van der Waals surface area contributed by atoms with Crippen LogP contribution in [0, 0.1) is 11.6 Å². The van der Waals surface area contributed by atoms with Crippen molar-refractivity contribution in [3.8, 4) is 0 Å². The van der Waals surface area contributed by atoms with Gasteiger partial charge in [-0.05, 0) is 18.2 Å². The highest BCUT2D eigenvalue weighted by Gasteiger charge is 2.16. The summed E-state index contributed by atoms with van der Waals surface area (Å²) in [6.07, 6.45) is 0.971. The van der Waals surface area contributed by atoms with Gasteiger partial charge in [0.1, 0.15) is 17.5 Å². The Morgan fingerprint density at radius 1 is 1.35 bits per heavy atom. The van der Waals surface area contributed by atoms with E-state index in [9.17, 15) is 13.6 Å². The number of para-hydroxylation sites is 1. The van der Waals surface area contributed by atoms with Gasteiger partial charge in [0, 0.05) is 7.05 Å². The van der Waals surface area contributed by atoms with Crippen LogP contribution in [0.2, 0.25) is 5.02 Å². The summed E-state index contributed by atoms with van der Waals surface area (Å²) in [4.78, 5) is 15.8. The molecule has 0 aliphatic rings. The van der Waals surface area contributed by atoms with E-state index in [0.717, 1.165) is 18.3 Å². The van der Waals surface area contributed by atoms with Crippen LogP contribution in [0.15, 0.2) is 30.5 Å². The van der Waals surface area contributed by atoms with Gasteiger partial charge in [0.05, 0.1) is 22.5 Å². The number of nitrogens with one attached hydrogen (secondary N) is 2. The number of benzene rings is 1. The van der Waals surface area contributed by atoms with Gasteiger partial charge in [-0.1, -0.05) is 17.7 Å². The first-order valence-corrected chi connectivity index (χ1v) is 5.99. The van der Waals surface area contributed by atoms with E-state index in [-0.39, 0.29) is 22.1 Å². The number of hydrogen-bond acceptors (Lipinski definition) is 3. The molecular weight excluding hydrogens is 288 g/mol. The summed E-state index contributed by atoms with van der Waals surface area (Å²) < 4.78 is 26.8. The summed E-state index contributed by atoms with van der Waals surface area (Å²) in [7, 11) is 1.53. The standard InChI is InChI=1S/C13H10ClF2N3O/c1-17-12-8(5-7(15)6-18-12)13(20)19-11-9(14)3-2-4-10(11)16/h2-6H,1H3,(H,17,18)(H,19,20). The number of halogens is 3. The summed E-state index contributed by atoms with van der Waals surface area (Å²) in [5, 5.41) is 5.01. The van der Waals surface area contributed by atoms with Gasteiger partial charge in [-0.15, -0.1) is 0 Å². The molecule has 2 rings (SSSR count). The van der Waals surface area contributed by atoms with E-state index in [0.29, 0.717) is 0 Å². The number of anilines is 2. The van der Waals surface area contributed by atoms with E-state index in [2.05, 4.69) is 15.6 Å². The lowest BCUT2D eigenvalue weighted by Crippen LogP contribution is -2.16. The fraction of sp³-hybridized carbons (Fsp3) is 0.0769. The first-order valence-electron chi connectivity index (χ1n) is 5.61. The van der Waals surface area contributed by atoms with Crippen molar-refractivity contribution < 1.29 is 13.6 Å². The van der Waals surface area contributed by atoms with Crippen molar-refractivity contribution >= 4 is 29.0 Å². The predicted octanol–water partition coefficient (Wildman–Crippen LogP) is 3.31. The van der Waals surface area contributed by atoms with E-state index >= 15 is 0 Å². The van der Waals surface area contributed by atoms with Crippen LogP contribution < -0.4 is 10.6 Å². The van der Waals surface area contributed by atoms with Gasteiger partial charge in [0.2, 0.25) is 0 Å². The van der Waals surface area contributed by atoms with Crippen molar-refractivity contribution in [3.05, 3.63) is 52.7 Å². The zero-order valence-corrected chi connectivity index (χ0v) is 11.1. The second-order valence-corrected chi connectivity index (χ2v) is 4.26. The lowest BCUT2D eigenvalue weighted by Gasteiger charge is -2.10. The van der Waals surface area contributed by atoms with Crippen molar-refractivity contribution in [2.45, 2.75) is 0 Å². The van der Waals surface area contributed by atoms with Gasteiger partial charge in [-0.25, -0.2) is 13.8 Å². The first kappa shape index (κ1) is 14.2. The summed E-state index contributed by atoms with van der Waals surface area (Å²) >= 11 is 5.81. The maximum atomic E-state index is 13.6. The molecule has 0 fully saturated rings. The number of pyridine rings is 1. The molecule has 20 heavy (non-hydrogen) atoms. The van der Waals surface area contributed by atoms with Gasteiger partial charge >= 0.3 is 0 Å². The molecule has 0 saturated heterocycles. The highest BCUT2D eigenvalue weighted by molar-refractivity contribution is 6.34. The zero-order chi connectivity index (χ0) is 14.7. The molecule has 0 spiro atoms. The number of carbonyl (C=O) groups is 1. The topological polar surface area (TPSA) is 54.0 Å². The van der Waals surface area contributed by atoms with Gasteiger partial charge < -0.3 is 10.6 Å². The lowest BCUT2D eigenvalue weighted by atomic mass is 10.2. The van der Waals surface area contributed by atoms with Crippen LogP contribution in [-0.4, -0.2) is 17.9 Å². The zero-order valence-electron chi connectivity index (χ0n) is 10.4. The molecule has 1 aromatic heterocycles. The molecule has 1 heterocycles. The second-order valence-electron chi connectivity index (χ2n) is 3.85. The monoisotopic (exact) mass is 297 g/mol. The fourth-order valence-corrected chi connectivity index (χ4v) is 1.82. The van der Waals surface area contributed by atoms with Gasteiger partial charge in [-0.2, -0.15) is 0 Å². The Morgan fingerprint density at radius 3 is 2.75 bits per heavy atom. The molecule has 0 bridgehead atoms. The third-order valence-corrected chi connectivity index (χ3v) is 2.85. The van der Waals surface area contributed by atoms with Crippen molar-refractivity contribution in [2.24, 2.45) is 0 Å². The van der Waals surface area contributed by atoms with E-state index in [1.54, 1.807) is 0 Å². The van der Waals surface area contributed by atoms with Crippen molar-refractivity contribution in [1.82, 2.24) is 4.98 Å². The van der Waals surface area contributed by atoms with Crippen LogP contribution >= 0.6 is 11.6 Å². The number of hydrogen-bond donors (Lipinski definition) is 2. The molecule has 0 radical (unpaired) electrons. The summed E-state index contributed by atoms with van der Waals surface area (Å²) in [5.74, 6) is -1.89. The van der Waals surface area contributed by atoms with Crippen molar-refractivity contribution in [3.63, 3.8) is 0 Å². The molecule has 0 aliphatic heterocycles. The van der Waals surface area contributed by atoms with Crippen molar-refractivity contribution in [2.75, 3.05) is 17.7 Å². The van der Waals surface area contributed by atoms with Crippen LogP contribution in [0.25, 0.3) is 0 Å². The number of aromatic nitrogens is 1. The maximum Gasteiger partial charge on any atom is 0.259 e. The number of amides is 1. The minimum Gasteiger partial charge on any atom is -0.372 e. The molecule has 1 aromatic carbocycles. The third-order valence-electron chi connectivity index (χ3n) is 2.54. The van der Waals surface area contributed by atoms with E-state index in [1.807, 2.05) is 0 Å². The van der Waals surface area contributed by atoms with E-state index < -0.39 is 17.5 Å². The Labute approximate surface area is 118 Å². The average Bonchev–Trinajstić information content (AvgIpc) is 2.43. The van der Waals surface area contributed by atoms with Crippen LogP contribution in [0.1, 0.15) is 10.4 Å². The molecule has 1 amide bonds. The molecule has 2 aromatic rings. The van der Waals surface area contributed by atoms with Gasteiger partial charge in [-0.3, -0.25) is 4.79 Å². The number of carbonyl (C=O) groups excluding carboxylic acids is 1. The maximum absolute atomic E-state index is 13.6. The molecule has 0 atom stereocenters. The van der Waals surface area contributed by atoms with Crippen LogP contribution in [0.3, 0.4) is 0 Å². The van der Waals surface area contributed by atoms with Gasteiger partial charge in [0.25, 0.3) is 5.91 Å². The lowest BCUT2D eigenvalue weighted by molar-refractivity contribution is 0.102. The van der Waals surface area contributed by atoms with Crippen molar-refractivity contribution in [1.29, 1.82) is 0 Å². The summed E-state index contributed by atoms with van der Waals surface area (Å²) in [6, 6.07) is 5.01. The SMILES string of the molecule is CNc1ncc(F)cc1C(=O)Nc1c(F)cccc1Cl. The molecule has 0 unspecified atom stereocenters. The minimum atomic E-state index is -0.714. The second kappa shape index (κ2) is 5.83. The normalized spacial score (nSPS) is 10.2. The largest absolute Gasteiger partial charge is 0.372 e. The Hall–Kier alpha value is -2.21. The fourth-order valence-electron chi connectivity index (χ4n) is 1.61. The summed E-state index contributed by atoms with van der Waals surface area (Å²) in [6.45, 7) is 0. The van der Waals surface area contributed by atoms with E-state index in [1.165, 1.54) is 19.2 Å². The first-order chi connectivity index (χ1) is 9.52. The van der Waals surface area contributed by atoms with Crippen LogP contribution in [0.5, 0.6) is 0 Å². The predicted molar refractivity (Wildman–Crippen MR) is 73.1 cm³/mol. The molecule has 0 aliphatic carbocycles. The van der Waals surface area contributed by atoms with Gasteiger partial charge in [0.15, 0.2) is 0 Å². The number of nitrogens with zero attached hydrogens (tertiary/aromatic N) is 1. The molecule has 7 heteroatoms.